The Hall–Kier alpha value is -4.54. The first kappa shape index (κ1) is 34.3. The van der Waals surface area contributed by atoms with Gasteiger partial charge in [0.1, 0.15) is 22.8 Å². The Kier molecular flexibility index (Phi) is 12.4. The number of hydrogen-bond donors (Lipinski definition) is 6. The van der Waals surface area contributed by atoms with Crippen molar-refractivity contribution < 1.29 is 24.9 Å². The fourth-order valence-corrected chi connectivity index (χ4v) is 5.56. The first-order valence-electron chi connectivity index (χ1n) is 16.7. The summed E-state index contributed by atoms with van der Waals surface area (Å²) in [6.45, 7) is 7.24. The molecule has 2 aromatic carbocycles. The number of benzene rings is 2. The van der Waals surface area contributed by atoms with Gasteiger partial charge in [-0.15, -0.1) is 0 Å². The number of nitrogens with zero attached hydrogens (tertiary/aromatic N) is 3. The number of aromatic hydroxyl groups is 3. The van der Waals surface area contributed by atoms with Gasteiger partial charge in [-0.25, -0.2) is 9.50 Å². The van der Waals surface area contributed by atoms with Crippen molar-refractivity contribution in [2.24, 2.45) is 0 Å². The zero-order valence-electron chi connectivity index (χ0n) is 27.3. The standard InChI is InChI=1S/C35H48N6O5/c1-4-6-8-10-12-14-18-36-33(45)24-16-17-27(42)26(20-24)31-23(3)41-35(38-31)39-32(40-41)30-28(43)21-25(22-29(30)44)34(46)37-19-15-13-11-9-7-5-2/h16-17,20-22,42-44H,4-15,18-19H2,1-3H3,(H,36,45)(H,37,46)(H,38,39,40). The second-order valence-corrected chi connectivity index (χ2v) is 11.9. The van der Waals surface area contributed by atoms with Crippen molar-refractivity contribution in [1.82, 2.24) is 30.2 Å². The third-order valence-corrected chi connectivity index (χ3v) is 8.26. The fraction of sp³-hybridized carbons (Fsp3) is 0.486. The average Bonchev–Trinajstić information content (AvgIpc) is 3.58. The molecule has 0 fully saturated rings. The number of imidazole rings is 1. The van der Waals surface area contributed by atoms with Gasteiger partial charge in [0.05, 0.1) is 11.4 Å². The van der Waals surface area contributed by atoms with E-state index in [1.54, 1.807) is 23.6 Å². The highest BCUT2D eigenvalue weighted by atomic mass is 16.3. The highest BCUT2D eigenvalue weighted by Gasteiger charge is 2.22. The Balaban J connectivity index is 1.44. The molecule has 0 radical (unpaired) electrons. The lowest BCUT2D eigenvalue weighted by Gasteiger charge is -2.10. The number of aryl methyl sites for hydroxylation is 1. The molecule has 0 bridgehead atoms. The number of hydrogen-bond acceptors (Lipinski definition) is 7. The molecule has 0 saturated heterocycles. The van der Waals surface area contributed by atoms with Crippen molar-refractivity contribution in [3.63, 3.8) is 0 Å². The maximum absolute atomic E-state index is 12.8. The summed E-state index contributed by atoms with van der Waals surface area (Å²) in [5.41, 5.74) is 2.00. The summed E-state index contributed by atoms with van der Waals surface area (Å²) >= 11 is 0. The maximum Gasteiger partial charge on any atom is 0.251 e. The number of H-pyrrole nitrogens is 1. The van der Waals surface area contributed by atoms with Crippen molar-refractivity contribution in [3.05, 3.63) is 47.2 Å². The van der Waals surface area contributed by atoms with Crippen LogP contribution in [-0.4, -0.2) is 59.8 Å². The van der Waals surface area contributed by atoms with Crippen LogP contribution in [0.5, 0.6) is 17.2 Å². The van der Waals surface area contributed by atoms with Crippen LogP contribution in [-0.2, 0) is 0 Å². The highest BCUT2D eigenvalue weighted by molar-refractivity contribution is 5.97. The van der Waals surface area contributed by atoms with Gasteiger partial charge >= 0.3 is 0 Å². The molecule has 0 aliphatic heterocycles. The number of aromatic amines is 1. The minimum Gasteiger partial charge on any atom is -0.507 e. The van der Waals surface area contributed by atoms with Crippen molar-refractivity contribution in [2.75, 3.05) is 13.1 Å². The largest absolute Gasteiger partial charge is 0.507 e. The Morgan fingerprint density at radius 1 is 0.717 bits per heavy atom. The predicted molar refractivity (Wildman–Crippen MR) is 179 cm³/mol. The van der Waals surface area contributed by atoms with Crippen LogP contribution in [0.25, 0.3) is 28.4 Å². The van der Waals surface area contributed by atoms with Crippen LogP contribution in [0.1, 0.15) is 117 Å². The van der Waals surface area contributed by atoms with Crippen molar-refractivity contribution >= 4 is 17.6 Å². The first-order valence-corrected chi connectivity index (χ1v) is 16.7. The molecule has 46 heavy (non-hydrogen) atoms. The predicted octanol–water partition coefficient (Wildman–Crippen LogP) is 7.00. The van der Waals surface area contributed by atoms with E-state index in [2.05, 4.69) is 39.5 Å². The second kappa shape index (κ2) is 16.7. The van der Waals surface area contributed by atoms with E-state index in [1.807, 2.05) is 0 Å². The van der Waals surface area contributed by atoms with E-state index in [-0.39, 0.29) is 51.8 Å². The van der Waals surface area contributed by atoms with E-state index in [4.69, 9.17) is 0 Å². The summed E-state index contributed by atoms with van der Waals surface area (Å²) in [6.07, 6.45) is 13.4. The maximum atomic E-state index is 12.8. The molecule has 0 unspecified atom stereocenters. The molecule has 0 saturated carbocycles. The number of amides is 2. The third kappa shape index (κ3) is 8.58. The molecule has 2 aromatic heterocycles. The number of fused-ring (bicyclic) bond motifs is 1. The van der Waals surface area contributed by atoms with Gasteiger partial charge in [-0.1, -0.05) is 78.1 Å². The third-order valence-electron chi connectivity index (χ3n) is 8.26. The normalized spacial score (nSPS) is 11.3. The number of nitrogens with one attached hydrogen (secondary N) is 3. The van der Waals surface area contributed by atoms with Crippen LogP contribution in [0.4, 0.5) is 0 Å². The lowest BCUT2D eigenvalue weighted by Crippen LogP contribution is -2.24. The summed E-state index contributed by atoms with van der Waals surface area (Å²) in [5, 5.41) is 41.0. The smallest absolute Gasteiger partial charge is 0.251 e. The molecule has 4 aromatic rings. The number of rotatable bonds is 18. The Bertz CT molecular complexity index is 1600. The summed E-state index contributed by atoms with van der Waals surface area (Å²) < 4.78 is 1.56. The van der Waals surface area contributed by atoms with Gasteiger partial charge in [0.2, 0.25) is 0 Å². The summed E-state index contributed by atoms with van der Waals surface area (Å²) in [4.78, 5) is 34.5. The summed E-state index contributed by atoms with van der Waals surface area (Å²) in [5.74, 6) is -0.856. The number of aromatic nitrogens is 4. The number of phenols is 3. The molecule has 0 aliphatic rings. The van der Waals surface area contributed by atoms with Crippen LogP contribution in [0.2, 0.25) is 0 Å². The number of unbranched alkanes of at least 4 members (excludes halogenated alkanes) is 10. The molecule has 0 atom stereocenters. The molecule has 2 amide bonds. The van der Waals surface area contributed by atoms with Crippen molar-refractivity contribution in [2.45, 2.75) is 97.8 Å². The van der Waals surface area contributed by atoms with Crippen molar-refractivity contribution in [1.29, 1.82) is 0 Å². The van der Waals surface area contributed by atoms with Gasteiger partial charge in [0.15, 0.2) is 5.82 Å². The van der Waals surface area contributed by atoms with Gasteiger partial charge in [0, 0.05) is 29.8 Å². The monoisotopic (exact) mass is 632 g/mol. The van der Waals surface area contributed by atoms with E-state index in [1.165, 1.54) is 56.7 Å². The quantitative estimate of drug-likeness (QED) is 0.0643. The van der Waals surface area contributed by atoms with Gasteiger partial charge in [-0.3, -0.25) is 14.7 Å². The van der Waals surface area contributed by atoms with Gasteiger partial charge < -0.3 is 26.0 Å². The first-order chi connectivity index (χ1) is 22.2. The van der Waals surface area contributed by atoms with Gasteiger partial charge in [0.25, 0.3) is 17.6 Å². The van der Waals surface area contributed by atoms with Gasteiger partial charge in [-0.2, -0.15) is 4.98 Å². The van der Waals surface area contributed by atoms with E-state index in [0.29, 0.717) is 35.6 Å². The van der Waals surface area contributed by atoms with E-state index < -0.39 is 0 Å². The second-order valence-electron chi connectivity index (χ2n) is 11.9. The molecule has 6 N–H and O–H groups in total. The fourth-order valence-electron chi connectivity index (χ4n) is 5.56. The van der Waals surface area contributed by atoms with Crippen LogP contribution < -0.4 is 10.6 Å². The number of carbonyl (C=O) groups is 2. The Morgan fingerprint density at radius 2 is 1.26 bits per heavy atom. The van der Waals surface area contributed by atoms with Crippen molar-refractivity contribution in [3.8, 4) is 39.9 Å². The van der Waals surface area contributed by atoms with Crippen LogP contribution in [0.3, 0.4) is 0 Å². The Morgan fingerprint density at radius 3 is 1.83 bits per heavy atom. The number of carbonyl (C=O) groups excluding carboxylic acids is 2. The highest BCUT2D eigenvalue weighted by Crippen LogP contribution is 2.38. The van der Waals surface area contributed by atoms with Crippen LogP contribution in [0.15, 0.2) is 30.3 Å². The summed E-state index contributed by atoms with van der Waals surface area (Å²) in [7, 11) is 0. The molecular weight excluding hydrogens is 584 g/mol. The van der Waals surface area contributed by atoms with E-state index in [9.17, 15) is 24.9 Å². The number of phenolic OH excluding ortho intramolecular Hbond substituents is 3. The molecule has 0 aliphatic carbocycles. The molecule has 11 heteroatoms. The zero-order valence-corrected chi connectivity index (χ0v) is 27.3. The van der Waals surface area contributed by atoms with Crippen LogP contribution >= 0.6 is 0 Å². The van der Waals surface area contributed by atoms with E-state index >= 15 is 0 Å². The topological polar surface area (TPSA) is 165 Å². The van der Waals surface area contributed by atoms with Crippen LogP contribution in [0, 0.1) is 6.92 Å². The minimum absolute atomic E-state index is 0.0304. The molecule has 0 spiro atoms. The minimum atomic E-state index is -0.376. The lowest BCUT2D eigenvalue weighted by molar-refractivity contribution is 0.0944. The zero-order chi connectivity index (χ0) is 33.1. The molecule has 4 rings (SSSR count). The lowest BCUT2D eigenvalue weighted by atomic mass is 10.0. The average molecular weight is 633 g/mol. The van der Waals surface area contributed by atoms with Gasteiger partial charge in [-0.05, 0) is 50.1 Å². The summed E-state index contributed by atoms with van der Waals surface area (Å²) in [6, 6.07) is 7.26. The molecule has 248 valence electrons. The SMILES string of the molecule is CCCCCCCCNC(=O)c1cc(O)c(-c2nc3nc(-c4cc(C(=O)NCCCCCCCC)ccc4O)c(C)n3[nH]2)c(O)c1. The Labute approximate surface area is 270 Å². The molecular formula is C35H48N6O5. The van der Waals surface area contributed by atoms with E-state index in [0.717, 1.165) is 38.5 Å². The molecule has 11 nitrogen and oxygen atoms in total. The molecule has 2 heterocycles.